The monoisotopic (exact) mass is 348 g/mol. The lowest BCUT2D eigenvalue weighted by molar-refractivity contribution is -0.127. The minimum absolute atomic E-state index is 0.00321. The molecule has 134 valence electrons. The van der Waals surface area contributed by atoms with E-state index < -0.39 is 0 Å². The van der Waals surface area contributed by atoms with Crippen LogP contribution in [0.2, 0.25) is 0 Å². The van der Waals surface area contributed by atoms with Gasteiger partial charge in [0.2, 0.25) is 11.8 Å². The van der Waals surface area contributed by atoms with Gasteiger partial charge < -0.3 is 10.2 Å². The van der Waals surface area contributed by atoms with Crippen LogP contribution in [0.4, 0.5) is 5.69 Å². The van der Waals surface area contributed by atoms with Crippen LogP contribution in [-0.2, 0) is 22.4 Å². The molecule has 2 aromatic rings. The number of anilines is 1. The third kappa shape index (κ3) is 3.00. The molecule has 4 heteroatoms. The first kappa shape index (κ1) is 16.8. The second-order valence-electron chi connectivity index (χ2n) is 7.19. The summed E-state index contributed by atoms with van der Waals surface area (Å²) in [6.45, 7) is 2.55. The van der Waals surface area contributed by atoms with Crippen molar-refractivity contribution in [1.82, 2.24) is 5.32 Å². The molecule has 1 heterocycles. The van der Waals surface area contributed by atoms with E-state index in [-0.39, 0.29) is 30.2 Å². The lowest BCUT2D eigenvalue weighted by atomic mass is 10.0. The van der Waals surface area contributed by atoms with Crippen molar-refractivity contribution in [2.45, 2.75) is 38.6 Å². The average Bonchev–Trinajstić information content (AvgIpc) is 3.25. The maximum atomic E-state index is 12.8. The molecule has 0 aromatic heterocycles. The number of rotatable bonds is 4. The number of fused-ring (bicyclic) bond motifs is 1. The molecule has 2 atom stereocenters. The number of hydrogen-bond acceptors (Lipinski definition) is 2. The van der Waals surface area contributed by atoms with E-state index in [0.717, 1.165) is 30.5 Å². The van der Waals surface area contributed by atoms with Crippen LogP contribution in [0.5, 0.6) is 0 Å². The molecule has 1 aliphatic carbocycles. The fourth-order valence-corrected chi connectivity index (χ4v) is 4.19. The van der Waals surface area contributed by atoms with E-state index in [9.17, 15) is 9.59 Å². The zero-order valence-corrected chi connectivity index (χ0v) is 15.1. The van der Waals surface area contributed by atoms with Crippen molar-refractivity contribution < 1.29 is 9.59 Å². The van der Waals surface area contributed by atoms with Gasteiger partial charge in [0.25, 0.3) is 0 Å². The van der Waals surface area contributed by atoms with Crippen molar-refractivity contribution >= 4 is 17.5 Å². The normalized spacial score (nSPS) is 21.7. The Kier molecular flexibility index (Phi) is 4.49. The zero-order valence-electron chi connectivity index (χ0n) is 15.1. The molecule has 2 aromatic carbocycles. The molecule has 26 heavy (non-hydrogen) atoms. The van der Waals surface area contributed by atoms with E-state index in [1.807, 2.05) is 36.4 Å². The smallest absolute Gasteiger partial charge is 0.227 e. The van der Waals surface area contributed by atoms with Gasteiger partial charge in [-0.3, -0.25) is 9.59 Å². The molecule has 0 radical (unpaired) electrons. The van der Waals surface area contributed by atoms with Crippen LogP contribution in [-0.4, -0.2) is 18.4 Å². The summed E-state index contributed by atoms with van der Waals surface area (Å²) in [5, 5.41) is 3.18. The summed E-state index contributed by atoms with van der Waals surface area (Å²) in [5.41, 5.74) is 4.63. The Labute approximate surface area is 154 Å². The Balaban J connectivity index is 1.46. The van der Waals surface area contributed by atoms with Crippen LogP contribution < -0.4 is 10.2 Å². The highest BCUT2D eigenvalue weighted by atomic mass is 16.2. The lowest BCUT2D eigenvalue weighted by Crippen LogP contribution is -2.35. The minimum Gasteiger partial charge on any atom is -0.349 e. The maximum absolute atomic E-state index is 12.8. The summed E-state index contributed by atoms with van der Waals surface area (Å²) in [4.78, 5) is 27.1. The number of aryl methyl sites for hydroxylation is 2. The SMILES string of the molecule is CCc1ccccc1N1CC(C(=O)NC2CCc3ccccc32)CC1=O. The summed E-state index contributed by atoms with van der Waals surface area (Å²) in [5.74, 6) is -0.241. The Hall–Kier alpha value is -2.62. The van der Waals surface area contributed by atoms with Gasteiger partial charge in [0.15, 0.2) is 0 Å². The maximum Gasteiger partial charge on any atom is 0.227 e. The van der Waals surface area contributed by atoms with E-state index in [1.165, 1.54) is 11.1 Å². The summed E-state index contributed by atoms with van der Waals surface area (Å²) >= 11 is 0. The first-order valence-electron chi connectivity index (χ1n) is 9.43. The van der Waals surface area contributed by atoms with Crippen molar-refractivity contribution in [3.05, 3.63) is 65.2 Å². The summed E-state index contributed by atoms with van der Waals surface area (Å²) in [7, 11) is 0. The number of benzene rings is 2. The highest BCUT2D eigenvalue weighted by Gasteiger charge is 2.37. The van der Waals surface area contributed by atoms with Gasteiger partial charge in [-0.15, -0.1) is 0 Å². The number of carbonyl (C=O) groups excluding carboxylic acids is 2. The summed E-state index contributed by atoms with van der Waals surface area (Å²) in [6, 6.07) is 16.3. The van der Waals surface area contributed by atoms with Crippen LogP contribution in [0.3, 0.4) is 0 Å². The molecule has 2 unspecified atom stereocenters. The number of hydrogen-bond donors (Lipinski definition) is 1. The molecule has 4 nitrogen and oxygen atoms in total. The van der Waals surface area contributed by atoms with Gasteiger partial charge >= 0.3 is 0 Å². The number of nitrogens with one attached hydrogen (secondary N) is 1. The molecular formula is C22H24N2O2. The Morgan fingerprint density at radius 2 is 1.92 bits per heavy atom. The minimum atomic E-state index is -0.278. The first-order chi connectivity index (χ1) is 12.7. The van der Waals surface area contributed by atoms with Crippen LogP contribution in [0.25, 0.3) is 0 Å². The van der Waals surface area contributed by atoms with Crippen molar-refractivity contribution in [2.75, 3.05) is 11.4 Å². The topological polar surface area (TPSA) is 49.4 Å². The van der Waals surface area contributed by atoms with Gasteiger partial charge in [0, 0.05) is 18.7 Å². The second-order valence-corrected chi connectivity index (χ2v) is 7.19. The van der Waals surface area contributed by atoms with E-state index in [1.54, 1.807) is 4.90 Å². The average molecular weight is 348 g/mol. The van der Waals surface area contributed by atoms with Gasteiger partial charge in [-0.1, -0.05) is 49.4 Å². The largest absolute Gasteiger partial charge is 0.349 e. The molecule has 0 spiro atoms. The van der Waals surface area contributed by atoms with Gasteiger partial charge in [-0.2, -0.15) is 0 Å². The van der Waals surface area contributed by atoms with Gasteiger partial charge in [0.05, 0.1) is 12.0 Å². The third-order valence-electron chi connectivity index (χ3n) is 5.61. The fourth-order valence-electron chi connectivity index (χ4n) is 4.19. The number of amides is 2. The molecule has 4 rings (SSSR count). The number of para-hydroxylation sites is 1. The van der Waals surface area contributed by atoms with Crippen LogP contribution in [0, 0.1) is 5.92 Å². The quantitative estimate of drug-likeness (QED) is 0.920. The first-order valence-corrected chi connectivity index (χ1v) is 9.43. The second kappa shape index (κ2) is 6.94. The predicted octanol–water partition coefficient (Wildman–Crippen LogP) is 3.41. The highest BCUT2D eigenvalue weighted by molar-refractivity contribution is 6.00. The Morgan fingerprint density at radius 3 is 2.77 bits per heavy atom. The van der Waals surface area contributed by atoms with Crippen LogP contribution in [0.1, 0.15) is 42.5 Å². The third-order valence-corrected chi connectivity index (χ3v) is 5.61. The molecule has 0 bridgehead atoms. The molecule has 2 aliphatic rings. The highest BCUT2D eigenvalue weighted by Crippen LogP contribution is 2.32. The zero-order chi connectivity index (χ0) is 18.1. The number of nitrogens with zero attached hydrogens (tertiary/aromatic N) is 1. The molecule has 1 aliphatic heterocycles. The lowest BCUT2D eigenvalue weighted by Gasteiger charge is -2.21. The molecular weight excluding hydrogens is 324 g/mol. The van der Waals surface area contributed by atoms with Gasteiger partial charge in [-0.25, -0.2) is 0 Å². The van der Waals surface area contributed by atoms with Crippen molar-refractivity contribution in [3.8, 4) is 0 Å². The van der Waals surface area contributed by atoms with E-state index in [2.05, 4.69) is 24.4 Å². The molecule has 1 N–H and O–H groups in total. The summed E-state index contributed by atoms with van der Waals surface area (Å²) < 4.78 is 0. The van der Waals surface area contributed by atoms with Crippen LogP contribution in [0.15, 0.2) is 48.5 Å². The van der Waals surface area contributed by atoms with Crippen LogP contribution >= 0.6 is 0 Å². The standard InChI is InChI=1S/C22H24N2O2/c1-2-15-7-4-6-10-20(15)24-14-17(13-21(24)25)22(26)23-19-12-11-16-8-3-5-9-18(16)19/h3-10,17,19H,2,11-14H2,1H3,(H,23,26). The molecule has 2 amide bonds. The van der Waals surface area contributed by atoms with Crippen molar-refractivity contribution in [1.29, 1.82) is 0 Å². The Bertz CT molecular complexity index is 846. The predicted molar refractivity (Wildman–Crippen MR) is 102 cm³/mol. The number of carbonyl (C=O) groups is 2. The van der Waals surface area contributed by atoms with Crippen molar-refractivity contribution in [2.24, 2.45) is 5.92 Å². The van der Waals surface area contributed by atoms with E-state index in [0.29, 0.717) is 6.54 Å². The van der Waals surface area contributed by atoms with E-state index in [4.69, 9.17) is 0 Å². The fraction of sp³-hybridized carbons (Fsp3) is 0.364. The molecule has 1 saturated heterocycles. The van der Waals surface area contributed by atoms with Gasteiger partial charge in [0.1, 0.15) is 0 Å². The summed E-state index contributed by atoms with van der Waals surface area (Å²) in [6.07, 6.45) is 3.10. The molecule has 0 saturated carbocycles. The van der Waals surface area contributed by atoms with E-state index >= 15 is 0 Å². The van der Waals surface area contributed by atoms with Gasteiger partial charge in [-0.05, 0) is 42.0 Å². The Morgan fingerprint density at radius 1 is 1.15 bits per heavy atom. The van der Waals surface area contributed by atoms with Crippen molar-refractivity contribution in [3.63, 3.8) is 0 Å². The molecule has 1 fully saturated rings.